The van der Waals surface area contributed by atoms with Crippen LogP contribution in [-0.4, -0.2) is 47.4 Å². The molecule has 1 aromatic rings. The normalized spacial score (nSPS) is 23.3. The van der Waals surface area contributed by atoms with Gasteiger partial charge in [0.25, 0.3) is 0 Å². The van der Waals surface area contributed by atoms with Gasteiger partial charge in [0, 0.05) is 12.2 Å². The summed E-state index contributed by atoms with van der Waals surface area (Å²) in [7, 11) is 0. The van der Waals surface area contributed by atoms with Gasteiger partial charge in [-0.25, -0.2) is 0 Å². The molecule has 0 aromatic carbocycles. The van der Waals surface area contributed by atoms with Gasteiger partial charge in [0.2, 0.25) is 0 Å². The highest BCUT2D eigenvalue weighted by atomic mass is 15.3. The molecule has 0 amide bonds. The molecule has 5 heteroatoms. The fourth-order valence-corrected chi connectivity index (χ4v) is 4.04. The lowest BCUT2D eigenvalue weighted by atomic mass is 9.92. The number of pyridine rings is 1. The molecule has 2 unspecified atom stereocenters. The molecule has 2 atom stereocenters. The molecule has 5 nitrogen and oxygen atoms in total. The van der Waals surface area contributed by atoms with Gasteiger partial charge < -0.3 is 11.1 Å². The van der Waals surface area contributed by atoms with Gasteiger partial charge in [-0.1, -0.05) is 18.9 Å². The van der Waals surface area contributed by atoms with Crippen LogP contribution in [0.25, 0.3) is 0 Å². The van der Waals surface area contributed by atoms with E-state index in [1.165, 1.54) is 25.7 Å². The number of fused-ring (bicyclic) bond motifs is 1. The number of aliphatic imine (C=N–C) groups is 1. The number of unbranched alkanes of at least 4 members (excludes halogenated alkanes) is 1. The van der Waals surface area contributed by atoms with E-state index in [2.05, 4.69) is 41.2 Å². The Labute approximate surface area is 152 Å². The zero-order chi connectivity index (χ0) is 17.7. The van der Waals surface area contributed by atoms with Crippen LogP contribution in [0.2, 0.25) is 0 Å². The van der Waals surface area contributed by atoms with Crippen molar-refractivity contribution in [3.8, 4) is 0 Å². The van der Waals surface area contributed by atoms with Crippen LogP contribution in [0.15, 0.2) is 29.4 Å². The SMILES string of the molecule is CC(C)(c1ccccn1)N(CCCCN)CC1=NC2CCCCC2N1. The van der Waals surface area contributed by atoms with Crippen LogP contribution < -0.4 is 11.1 Å². The summed E-state index contributed by atoms with van der Waals surface area (Å²) in [4.78, 5) is 12.1. The van der Waals surface area contributed by atoms with Crippen molar-refractivity contribution < 1.29 is 0 Å². The van der Waals surface area contributed by atoms with Crippen LogP contribution in [0, 0.1) is 0 Å². The average molecular weight is 344 g/mol. The number of rotatable bonds is 8. The van der Waals surface area contributed by atoms with Gasteiger partial charge in [0.15, 0.2) is 0 Å². The number of aromatic nitrogens is 1. The number of hydrogen-bond acceptors (Lipinski definition) is 5. The highest BCUT2D eigenvalue weighted by Crippen LogP contribution is 2.28. The summed E-state index contributed by atoms with van der Waals surface area (Å²) in [5.41, 5.74) is 6.69. The molecule has 0 bridgehead atoms. The zero-order valence-corrected chi connectivity index (χ0v) is 15.7. The first kappa shape index (κ1) is 18.3. The monoisotopic (exact) mass is 343 g/mol. The van der Waals surface area contributed by atoms with Crippen LogP contribution in [0.3, 0.4) is 0 Å². The largest absolute Gasteiger partial charge is 0.368 e. The van der Waals surface area contributed by atoms with Gasteiger partial charge in [-0.3, -0.25) is 14.9 Å². The summed E-state index contributed by atoms with van der Waals surface area (Å²) in [5.74, 6) is 1.16. The second-order valence-corrected chi connectivity index (χ2v) is 7.87. The predicted octanol–water partition coefficient (Wildman–Crippen LogP) is 2.67. The molecule has 2 heterocycles. The summed E-state index contributed by atoms with van der Waals surface area (Å²) in [6.07, 6.45) is 9.18. The van der Waals surface area contributed by atoms with E-state index in [1.54, 1.807) is 0 Å². The molecule has 3 rings (SSSR count). The van der Waals surface area contributed by atoms with Crippen LogP contribution >= 0.6 is 0 Å². The van der Waals surface area contributed by atoms with Crippen molar-refractivity contribution >= 4 is 5.84 Å². The summed E-state index contributed by atoms with van der Waals surface area (Å²) in [5, 5.41) is 3.70. The summed E-state index contributed by atoms with van der Waals surface area (Å²) < 4.78 is 0. The third-order valence-corrected chi connectivity index (χ3v) is 5.71. The standard InChI is InChI=1S/C20H33N5/c1-20(2,18-11-5-7-13-22-18)25(14-8-6-12-21)15-19-23-16-9-3-4-10-17(16)24-19/h5,7,11,13,16-17H,3-4,6,8-10,12,14-15,21H2,1-2H3,(H,23,24). The minimum atomic E-state index is -0.131. The van der Waals surface area contributed by atoms with Gasteiger partial charge in [-0.05, 0) is 64.8 Å². The lowest BCUT2D eigenvalue weighted by Crippen LogP contribution is -2.48. The minimum Gasteiger partial charge on any atom is -0.368 e. The lowest BCUT2D eigenvalue weighted by molar-refractivity contribution is 0.133. The Balaban J connectivity index is 1.73. The van der Waals surface area contributed by atoms with Crippen LogP contribution in [0.5, 0.6) is 0 Å². The predicted molar refractivity (Wildman–Crippen MR) is 104 cm³/mol. The Morgan fingerprint density at radius 3 is 2.80 bits per heavy atom. The van der Waals surface area contributed by atoms with E-state index in [-0.39, 0.29) is 5.54 Å². The molecule has 0 radical (unpaired) electrons. The molecule has 1 aliphatic heterocycles. The Morgan fingerprint density at radius 2 is 2.08 bits per heavy atom. The van der Waals surface area contributed by atoms with Gasteiger partial charge in [0.1, 0.15) is 5.84 Å². The van der Waals surface area contributed by atoms with E-state index in [9.17, 15) is 0 Å². The van der Waals surface area contributed by atoms with Crippen molar-refractivity contribution in [1.82, 2.24) is 15.2 Å². The zero-order valence-electron chi connectivity index (χ0n) is 15.7. The van der Waals surface area contributed by atoms with Gasteiger partial charge >= 0.3 is 0 Å². The Morgan fingerprint density at radius 1 is 1.24 bits per heavy atom. The van der Waals surface area contributed by atoms with Crippen LogP contribution in [0.1, 0.15) is 58.1 Å². The third kappa shape index (κ3) is 4.39. The maximum Gasteiger partial charge on any atom is 0.111 e. The van der Waals surface area contributed by atoms with E-state index in [1.807, 2.05) is 12.3 Å². The van der Waals surface area contributed by atoms with Gasteiger partial charge in [-0.2, -0.15) is 0 Å². The summed E-state index contributed by atoms with van der Waals surface area (Å²) in [6, 6.07) is 7.23. The van der Waals surface area contributed by atoms with E-state index in [0.29, 0.717) is 12.1 Å². The molecule has 1 saturated carbocycles. The first-order valence-electron chi connectivity index (χ1n) is 9.81. The van der Waals surface area contributed by atoms with Crippen molar-refractivity contribution in [2.24, 2.45) is 10.7 Å². The van der Waals surface area contributed by atoms with Crippen LogP contribution in [-0.2, 0) is 5.54 Å². The fraction of sp³-hybridized carbons (Fsp3) is 0.700. The van der Waals surface area contributed by atoms with Crippen LogP contribution in [0.4, 0.5) is 0 Å². The molecule has 0 saturated heterocycles. The van der Waals surface area contributed by atoms with Crippen molar-refractivity contribution in [3.63, 3.8) is 0 Å². The number of amidine groups is 1. The maximum absolute atomic E-state index is 5.71. The molecule has 1 aromatic heterocycles. The smallest absolute Gasteiger partial charge is 0.111 e. The number of nitrogens with two attached hydrogens (primary N) is 1. The number of nitrogens with zero attached hydrogens (tertiary/aromatic N) is 3. The molecule has 1 fully saturated rings. The molecule has 138 valence electrons. The average Bonchev–Trinajstić information content (AvgIpc) is 3.04. The molecule has 2 aliphatic rings. The minimum absolute atomic E-state index is 0.131. The molecule has 1 aliphatic carbocycles. The lowest BCUT2D eigenvalue weighted by Gasteiger charge is -2.38. The molecule has 3 N–H and O–H groups in total. The van der Waals surface area contributed by atoms with Gasteiger partial charge in [-0.15, -0.1) is 0 Å². The highest BCUT2D eigenvalue weighted by Gasteiger charge is 2.35. The molecule has 25 heavy (non-hydrogen) atoms. The highest BCUT2D eigenvalue weighted by molar-refractivity contribution is 5.86. The van der Waals surface area contributed by atoms with E-state index in [4.69, 9.17) is 10.7 Å². The number of nitrogens with one attached hydrogen (secondary N) is 1. The van der Waals surface area contributed by atoms with E-state index >= 15 is 0 Å². The Kier molecular flexibility index (Phi) is 6.07. The maximum atomic E-state index is 5.71. The second-order valence-electron chi connectivity index (χ2n) is 7.87. The first-order chi connectivity index (χ1) is 12.1. The molecule has 0 spiro atoms. The Bertz CT molecular complexity index is 569. The van der Waals surface area contributed by atoms with Crippen molar-refractivity contribution in [2.45, 2.75) is 70.0 Å². The van der Waals surface area contributed by atoms with Crippen molar-refractivity contribution in [1.29, 1.82) is 0 Å². The van der Waals surface area contributed by atoms with E-state index in [0.717, 1.165) is 44.0 Å². The molecular weight excluding hydrogens is 310 g/mol. The Hall–Kier alpha value is -1.46. The van der Waals surface area contributed by atoms with Crippen molar-refractivity contribution in [3.05, 3.63) is 30.1 Å². The third-order valence-electron chi connectivity index (χ3n) is 5.71. The quantitative estimate of drug-likeness (QED) is 0.712. The van der Waals surface area contributed by atoms with Crippen molar-refractivity contribution in [2.75, 3.05) is 19.6 Å². The summed E-state index contributed by atoms with van der Waals surface area (Å²) in [6.45, 7) is 7.15. The topological polar surface area (TPSA) is 66.5 Å². The second kappa shape index (κ2) is 8.28. The first-order valence-corrected chi connectivity index (χ1v) is 9.81. The summed E-state index contributed by atoms with van der Waals surface area (Å²) >= 11 is 0. The fourth-order valence-electron chi connectivity index (χ4n) is 4.04. The number of hydrogen-bond donors (Lipinski definition) is 2. The van der Waals surface area contributed by atoms with Gasteiger partial charge in [0.05, 0.1) is 23.8 Å². The molecular formula is C20H33N5. The van der Waals surface area contributed by atoms with E-state index < -0.39 is 0 Å².